The first-order valence-corrected chi connectivity index (χ1v) is 4.60. The maximum absolute atomic E-state index is 2.45. The molecule has 0 radical (unpaired) electrons. The summed E-state index contributed by atoms with van der Waals surface area (Å²) in [7, 11) is 0. The lowest BCUT2D eigenvalue weighted by Gasteiger charge is -2.51. The maximum atomic E-state index is 2.45. The lowest BCUT2D eigenvalue weighted by molar-refractivity contribution is -0.0117. The Morgan fingerprint density at radius 1 is 1.40 bits per heavy atom. The molecule has 10 heavy (non-hydrogen) atoms. The smallest absolute Gasteiger partial charge is 0.0295 e. The van der Waals surface area contributed by atoms with Crippen LogP contribution in [0, 0.1) is 17.3 Å². The van der Waals surface area contributed by atoms with Crippen LogP contribution >= 0.6 is 0 Å². The van der Waals surface area contributed by atoms with Gasteiger partial charge in [-0.2, -0.15) is 0 Å². The van der Waals surface area contributed by atoms with Gasteiger partial charge in [0.05, 0.1) is 0 Å². The van der Waals surface area contributed by atoms with Crippen LogP contribution < -0.4 is 0 Å². The minimum absolute atomic E-state index is 0.703. The van der Waals surface area contributed by atoms with Crippen LogP contribution in [0.1, 0.15) is 47.0 Å². The van der Waals surface area contributed by atoms with E-state index < -0.39 is 0 Å². The van der Waals surface area contributed by atoms with E-state index in [4.69, 9.17) is 0 Å². The van der Waals surface area contributed by atoms with Crippen molar-refractivity contribution in [3.05, 3.63) is 0 Å². The van der Waals surface area contributed by atoms with Gasteiger partial charge in [0.2, 0.25) is 0 Å². The monoisotopic (exact) mass is 140 g/mol. The summed E-state index contributed by atoms with van der Waals surface area (Å²) >= 11 is 0. The molecule has 0 aromatic rings. The Hall–Kier alpha value is 0. The molecule has 0 aromatic carbocycles. The van der Waals surface area contributed by atoms with Crippen molar-refractivity contribution in [3.8, 4) is 0 Å². The molecule has 0 N–H and O–H groups in total. The van der Waals surface area contributed by atoms with Crippen LogP contribution in [0.4, 0.5) is 0 Å². The van der Waals surface area contributed by atoms with Crippen LogP contribution in [0.5, 0.6) is 0 Å². The van der Waals surface area contributed by atoms with E-state index in [0.29, 0.717) is 5.41 Å². The summed E-state index contributed by atoms with van der Waals surface area (Å²) in [4.78, 5) is 0. The SMILES string of the molecule is CCCC1(C)CC(C)C1C. The maximum Gasteiger partial charge on any atom is -0.0295 e. The zero-order valence-corrected chi connectivity index (χ0v) is 7.78. The minimum Gasteiger partial charge on any atom is -0.0654 e. The molecule has 0 aromatic heterocycles. The molecular weight excluding hydrogens is 120 g/mol. The standard InChI is InChI=1S/C10H20/c1-5-6-10(4)7-8(2)9(10)3/h8-9H,5-7H2,1-4H3. The number of rotatable bonds is 2. The molecule has 1 fully saturated rings. The molecule has 0 heteroatoms. The molecule has 1 rings (SSSR count). The van der Waals surface area contributed by atoms with Crippen LogP contribution in [0.3, 0.4) is 0 Å². The summed E-state index contributed by atoms with van der Waals surface area (Å²) in [5.74, 6) is 1.95. The van der Waals surface area contributed by atoms with E-state index in [1.54, 1.807) is 0 Å². The average molecular weight is 140 g/mol. The van der Waals surface area contributed by atoms with Crippen LogP contribution in [-0.2, 0) is 0 Å². The van der Waals surface area contributed by atoms with E-state index in [9.17, 15) is 0 Å². The fourth-order valence-corrected chi connectivity index (χ4v) is 2.53. The molecule has 0 nitrogen and oxygen atoms in total. The van der Waals surface area contributed by atoms with E-state index in [0.717, 1.165) is 11.8 Å². The zero-order valence-electron chi connectivity index (χ0n) is 7.78. The molecule has 60 valence electrons. The number of hydrogen-bond donors (Lipinski definition) is 0. The van der Waals surface area contributed by atoms with Gasteiger partial charge in [0.15, 0.2) is 0 Å². The van der Waals surface area contributed by atoms with Gasteiger partial charge in [-0.25, -0.2) is 0 Å². The third kappa shape index (κ3) is 1.09. The summed E-state index contributed by atoms with van der Waals surface area (Å²) < 4.78 is 0. The zero-order chi connectivity index (χ0) is 7.78. The van der Waals surface area contributed by atoms with Gasteiger partial charge in [-0.3, -0.25) is 0 Å². The molecule has 0 aliphatic heterocycles. The fourth-order valence-electron chi connectivity index (χ4n) is 2.53. The Labute approximate surface area is 65.0 Å². The van der Waals surface area contributed by atoms with Crippen LogP contribution in [0.25, 0.3) is 0 Å². The highest BCUT2D eigenvalue weighted by Crippen LogP contribution is 2.53. The van der Waals surface area contributed by atoms with Gasteiger partial charge in [-0.05, 0) is 30.1 Å². The van der Waals surface area contributed by atoms with Crippen molar-refractivity contribution in [3.63, 3.8) is 0 Å². The van der Waals surface area contributed by atoms with Crippen molar-refractivity contribution in [1.29, 1.82) is 0 Å². The van der Waals surface area contributed by atoms with Crippen molar-refractivity contribution >= 4 is 0 Å². The van der Waals surface area contributed by atoms with Crippen LogP contribution in [0.15, 0.2) is 0 Å². The lowest BCUT2D eigenvalue weighted by Crippen LogP contribution is -2.42. The highest BCUT2D eigenvalue weighted by molar-refractivity contribution is 4.93. The van der Waals surface area contributed by atoms with E-state index in [1.807, 2.05) is 0 Å². The van der Waals surface area contributed by atoms with Gasteiger partial charge in [0.25, 0.3) is 0 Å². The summed E-state index contributed by atoms with van der Waals surface area (Å²) in [6.07, 6.45) is 4.24. The van der Waals surface area contributed by atoms with Gasteiger partial charge >= 0.3 is 0 Å². The van der Waals surface area contributed by atoms with Gasteiger partial charge < -0.3 is 0 Å². The van der Waals surface area contributed by atoms with Crippen molar-refractivity contribution < 1.29 is 0 Å². The topological polar surface area (TPSA) is 0 Å². The molecule has 3 unspecified atom stereocenters. The molecule has 0 heterocycles. The third-order valence-electron chi connectivity index (χ3n) is 3.56. The quantitative estimate of drug-likeness (QED) is 0.551. The van der Waals surface area contributed by atoms with E-state index in [1.165, 1.54) is 19.3 Å². The minimum atomic E-state index is 0.703. The van der Waals surface area contributed by atoms with Crippen LogP contribution in [-0.4, -0.2) is 0 Å². The Bertz CT molecular complexity index is 113. The Morgan fingerprint density at radius 2 is 2.00 bits per heavy atom. The van der Waals surface area contributed by atoms with Crippen molar-refractivity contribution in [2.24, 2.45) is 17.3 Å². The molecule has 3 atom stereocenters. The molecular formula is C10H20. The third-order valence-corrected chi connectivity index (χ3v) is 3.56. The van der Waals surface area contributed by atoms with Gasteiger partial charge in [0, 0.05) is 0 Å². The lowest BCUT2D eigenvalue weighted by atomic mass is 9.54. The Kier molecular flexibility index (Phi) is 2.07. The average Bonchev–Trinajstić information content (AvgIpc) is 1.88. The summed E-state index contributed by atoms with van der Waals surface area (Å²) in [6.45, 7) is 9.52. The highest BCUT2D eigenvalue weighted by atomic mass is 14.5. The fraction of sp³-hybridized carbons (Fsp3) is 1.00. The molecule has 0 saturated heterocycles. The first-order chi connectivity index (χ1) is 4.60. The van der Waals surface area contributed by atoms with E-state index in [2.05, 4.69) is 27.7 Å². The van der Waals surface area contributed by atoms with Crippen molar-refractivity contribution in [2.75, 3.05) is 0 Å². The van der Waals surface area contributed by atoms with Crippen molar-refractivity contribution in [1.82, 2.24) is 0 Å². The van der Waals surface area contributed by atoms with Crippen molar-refractivity contribution in [2.45, 2.75) is 47.0 Å². The second-order valence-corrected chi connectivity index (χ2v) is 4.37. The molecule has 0 spiro atoms. The van der Waals surface area contributed by atoms with E-state index >= 15 is 0 Å². The predicted octanol–water partition coefficient (Wildman–Crippen LogP) is 3.47. The molecule has 1 saturated carbocycles. The summed E-state index contributed by atoms with van der Waals surface area (Å²) in [5.41, 5.74) is 0.703. The first kappa shape index (κ1) is 8.10. The number of hydrogen-bond acceptors (Lipinski definition) is 0. The summed E-state index contributed by atoms with van der Waals surface area (Å²) in [6, 6.07) is 0. The van der Waals surface area contributed by atoms with E-state index in [-0.39, 0.29) is 0 Å². The molecule has 1 aliphatic rings. The predicted molar refractivity (Wildman–Crippen MR) is 46.0 cm³/mol. The normalized spacial score (nSPS) is 46.8. The summed E-state index contributed by atoms with van der Waals surface area (Å²) in [5, 5.41) is 0. The second-order valence-electron chi connectivity index (χ2n) is 4.37. The molecule has 0 amide bonds. The molecule has 0 bridgehead atoms. The van der Waals surface area contributed by atoms with Gasteiger partial charge in [0.1, 0.15) is 0 Å². The largest absolute Gasteiger partial charge is 0.0654 e. The first-order valence-electron chi connectivity index (χ1n) is 4.60. The Balaban J connectivity index is 2.41. The highest BCUT2D eigenvalue weighted by Gasteiger charge is 2.43. The Morgan fingerprint density at radius 3 is 2.30 bits per heavy atom. The van der Waals surface area contributed by atoms with Gasteiger partial charge in [-0.15, -0.1) is 0 Å². The van der Waals surface area contributed by atoms with Gasteiger partial charge in [-0.1, -0.05) is 34.1 Å². The van der Waals surface area contributed by atoms with Crippen LogP contribution in [0.2, 0.25) is 0 Å². The molecule has 1 aliphatic carbocycles. The second kappa shape index (κ2) is 2.56.